The van der Waals surface area contributed by atoms with E-state index in [0.29, 0.717) is 12.5 Å². The zero-order valence-corrected chi connectivity index (χ0v) is 17.1. The number of hydrogen-bond acceptors (Lipinski definition) is 3. The van der Waals surface area contributed by atoms with E-state index in [0.717, 1.165) is 12.0 Å². The molecule has 0 aliphatic heterocycles. The lowest BCUT2D eigenvalue weighted by Crippen LogP contribution is -2.44. The number of hydrogen-bond donors (Lipinski definition) is 2. The van der Waals surface area contributed by atoms with Crippen LogP contribution in [0.1, 0.15) is 58.7 Å². The van der Waals surface area contributed by atoms with Crippen LogP contribution in [0.15, 0.2) is 24.3 Å². The Morgan fingerprint density at radius 2 is 1.46 bits per heavy atom. The standard InChI is InChI=1S/C21H35N3O2/c1-7-24(13-20(25)22-16(4)5)14-21(26)23-17(6)19-10-8-18(9-11-19)12-15(2)3/h8-11,15-17H,7,12-14H2,1-6H3,(H,22,25)(H,23,26)/t17-/m0/s1. The number of likely N-dealkylation sites (N-methyl/N-ethyl adjacent to an activating group) is 1. The van der Waals surface area contributed by atoms with Crippen LogP contribution < -0.4 is 10.6 Å². The van der Waals surface area contributed by atoms with Gasteiger partial charge in [0.1, 0.15) is 0 Å². The minimum absolute atomic E-state index is 0.0524. The number of carbonyl (C=O) groups is 2. The van der Waals surface area contributed by atoms with Gasteiger partial charge in [-0.3, -0.25) is 14.5 Å². The molecule has 5 heteroatoms. The molecule has 0 heterocycles. The number of nitrogens with zero attached hydrogens (tertiary/aromatic N) is 1. The molecule has 146 valence electrons. The molecule has 26 heavy (non-hydrogen) atoms. The van der Waals surface area contributed by atoms with Crippen LogP contribution in [0.5, 0.6) is 0 Å². The highest BCUT2D eigenvalue weighted by Crippen LogP contribution is 2.15. The van der Waals surface area contributed by atoms with Crippen molar-refractivity contribution in [2.75, 3.05) is 19.6 Å². The topological polar surface area (TPSA) is 61.4 Å². The van der Waals surface area contributed by atoms with Gasteiger partial charge < -0.3 is 10.6 Å². The molecule has 2 N–H and O–H groups in total. The van der Waals surface area contributed by atoms with Crippen molar-refractivity contribution in [3.63, 3.8) is 0 Å². The maximum Gasteiger partial charge on any atom is 0.234 e. The van der Waals surface area contributed by atoms with E-state index in [1.807, 2.05) is 32.6 Å². The Bertz CT molecular complexity index is 567. The highest BCUT2D eigenvalue weighted by Gasteiger charge is 2.15. The summed E-state index contributed by atoms with van der Waals surface area (Å²) in [4.78, 5) is 26.0. The van der Waals surface area contributed by atoms with Gasteiger partial charge in [0.15, 0.2) is 0 Å². The summed E-state index contributed by atoms with van der Waals surface area (Å²) in [7, 11) is 0. The van der Waals surface area contributed by atoms with Gasteiger partial charge in [0.2, 0.25) is 11.8 Å². The molecule has 5 nitrogen and oxygen atoms in total. The molecule has 0 unspecified atom stereocenters. The molecule has 1 atom stereocenters. The first-order valence-corrected chi connectivity index (χ1v) is 9.61. The molecule has 1 aromatic rings. The van der Waals surface area contributed by atoms with Crippen LogP contribution in [-0.4, -0.2) is 42.4 Å². The quantitative estimate of drug-likeness (QED) is 0.674. The van der Waals surface area contributed by atoms with Gasteiger partial charge in [-0.15, -0.1) is 0 Å². The summed E-state index contributed by atoms with van der Waals surface area (Å²) in [6.45, 7) is 13.3. The Hall–Kier alpha value is -1.88. The highest BCUT2D eigenvalue weighted by molar-refractivity contribution is 5.81. The second-order valence-electron chi connectivity index (χ2n) is 7.65. The first-order chi connectivity index (χ1) is 12.2. The monoisotopic (exact) mass is 361 g/mol. The zero-order chi connectivity index (χ0) is 19.7. The number of nitrogens with one attached hydrogen (secondary N) is 2. The van der Waals surface area contributed by atoms with E-state index in [-0.39, 0.29) is 37.0 Å². The van der Waals surface area contributed by atoms with Crippen molar-refractivity contribution in [3.8, 4) is 0 Å². The minimum atomic E-state index is -0.0667. The van der Waals surface area contributed by atoms with E-state index in [1.54, 1.807) is 0 Å². The average Bonchev–Trinajstić information content (AvgIpc) is 2.53. The van der Waals surface area contributed by atoms with Crippen molar-refractivity contribution >= 4 is 11.8 Å². The first-order valence-electron chi connectivity index (χ1n) is 9.61. The van der Waals surface area contributed by atoms with Crippen LogP contribution in [0.3, 0.4) is 0 Å². The number of carbonyl (C=O) groups excluding carboxylic acids is 2. The third-order valence-corrected chi connectivity index (χ3v) is 4.13. The molecule has 0 aliphatic rings. The molecule has 0 bridgehead atoms. The van der Waals surface area contributed by atoms with E-state index in [4.69, 9.17) is 0 Å². The van der Waals surface area contributed by atoms with Gasteiger partial charge in [0.25, 0.3) is 0 Å². The van der Waals surface area contributed by atoms with E-state index in [2.05, 4.69) is 48.7 Å². The summed E-state index contributed by atoms with van der Waals surface area (Å²) in [5.74, 6) is 0.511. The van der Waals surface area contributed by atoms with E-state index < -0.39 is 0 Å². The molecular formula is C21H35N3O2. The molecule has 0 spiro atoms. The zero-order valence-electron chi connectivity index (χ0n) is 17.1. The van der Waals surface area contributed by atoms with Crippen molar-refractivity contribution < 1.29 is 9.59 Å². The fraction of sp³-hybridized carbons (Fsp3) is 0.619. The summed E-state index contributed by atoms with van der Waals surface area (Å²) in [5, 5.41) is 5.88. The summed E-state index contributed by atoms with van der Waals surface area (Å²) in [5.41, 5.74) is 2.40. The third-order valence-electron chi connectivity index (χ3n) is 4.13. The molecule has 0 radical (unpaired) electrons. The van der Waals surface area contributed by atoms with Crippen molar-refractivity contribution in [2.24, 2.45) is 5.92 Å². The van der Waals surface area contributed by atoms with Crippen molar-refractivity contribution in [3.05, 3.63) is 35.4 Å². The molecule has 2 amide bonds. The lowest BCUT2D eigenvalue weighted by Gasteiger charge is -2.22. The van der Waals surface area contributed by atoms with Gasteiger partial charge in [-0.2, -0.15) is 0 Å². The van der Waals surface area contributed by atoms with Gasteiger partial charge in [-0.1, -0.05) is 45.0 Å². The van der Waals surface area contributed by atoms with Gasteiger partial charge >= 0.3 is 0 Å². The molecule has 0 aliphatic carbocycles. The fourth-order valence-electron chi connectivity index (χ4n) is 2.84. The van der Waals surface area contributed by atoms with Gasteiger partial charge in [0.05, 0.1) is 19.1 Å². The molecule has 1 rings (SSSR count). The Labute approximate surface area is 158 Å². The third kappa shape index (κ3) is 8.48. The highest BCUT2D eigenvalue weighted by atomic mass is 16.2. The summed E-state index contributed by atoms with van der Waals surface area (Å²) >= 11 is 0. The predicted octanol–water partition coefficient (Wildman–Crippen LogP) is 2.91. The van der Waals surface area contributed by atoms with Crippen molar-refractivity contribution in [1.82, 2.24) is 15.5 Å². The second-order valence-corrected chi connectivity index (χ2v) is 7.65. The molecule has 0 fully saturated rings. The summed E-state index contributed by atoms with van der Waals surface area (Å²) < 4.78 is 0. The molecule has 0 aromatic heterocycles. The predicted molar refractivity (Wildman–Crippen MR) is 107 cm³/mol. The molecular weight excluding hydrogens is 326 g/mol. The number of benzene rings is 1. The Morgan fingerprint density at radius 3 is 1.92 bits per heavy atom. The van der Waals surface area contributed by atoms with Crippen LogP contribution in [-0.2, 0) is 16.0 Å². The van der Waals surface area contributed by atoms with E-state index in [1.165, 1.54) is 5.56 Å². The lowest BCUT2D eigenvalue weighted by molar-refractivity contribution is -0.125. The maximum atomic E-state index is 12.3. The van der Waals surface area contributed by atoms with E-state index >= 15 is 0 Å². The van der Waals surface area contributed by atoms with Gasteiger partial charge in [-0.25, -0.2) is 0 Å². The first kappa shape index (κ1) is 22.2. The van der Waals surface area contributed by atoms with Gasteiger partial charge in [0, 0.05) is 6.04 Å². The van der Waals surface area contributed by atoms with Crippen LogP contribution in [0.4, 0.5) is 0 Å². The molecule has 0 saturated carbocycles. The number of rotatable bonds is 10. The second kappa shape index (κ2) is 11.0. The van der Waals surface area contributed by atoms with Crippen molar-refractivity contribution in [2.45, 2.75) is 60.0 Å². The normalized spacial score (nSPS) is 12.5. The van der Waals surface area contributed by atoms with Crippen molar-refractivity contribution in [1.29, 1.82) is 0 Å². The number of amides is 2. The minimum Gasteiger partial charge on any atom is -0.353 e. The summed E-state index contributed by atoms with van der Waals surface area (Å²) in [6.07, 6.45) is 1.06. The average molecular weight is 362 g/mol. The largest absolute Gasteiger partial charge is 0.353 e. The SMILES string of the molecule is CCN(CC(=O)NC(C)C)CC(=O)N[C@@H](C)c1ccc(CC(C)C)cc1. The Balaban J connectivity index is 2.53. The summed E-state index contributed by atoms with van der Waals surface area (Å²) in [6, 6.07) is 8.47. The van der Waals surface area contributed by atoms with Crippen LogP contribution in [0.2, 0.25) is 0 Å². The Morgan fingerprint density at radius 1 is 0.923 bits per heavy atom. The fourth-order valence-corrected chi connectivity index (χ4v) is 2.84. The molecule has 0 saturated heterocycles. The lowest BCUT2D eigenvalue weighted by atomic mass is 10.00. The molecule has 1 aromatic carbocycles. The van der Waals surface area contributed by atoms with Crippen LogP contribution in [0.25, 0.3) is 0 Å². The Kier molecular flexibility index (Phi) is 9.35. The van der Waals surface area contributed by atoms with E-state index in [9.17, 15) is 9.59 Å². The van der Waals surface area contributed by atoms with Crippen LogP contribution in [0, 0.1) is 5.92 Å². The maximum absolute atomic E-state index is 12.3. The smallest absolute Gasteiger partial charge is 0.234 e. The van der Waals surface area contributed by atoms with Gasteiger partial charge in [-0.05, 0) is 50.8 Å². The van der Waals surface area contributed by atoms with Crippen LogP contribution >= 0.6 is 0 Å².